The summed E-state index contributed by atoms with van der Waals surface area (Å²) in [5.41, 5.74) is 1.11. The number of tetrazole rings is 1. The molecule has 4 rings (SSSR count). The van der Waals surface area contributed by atoms with Crippen LogP contribution in [0, 0.1) is 0 Å². The molecule has 1 saturated heterocycles. The molecule has 3 heterocycles. The largest absolute Gasteiger partial charge is 0.497 e. The zero-order chi connectivity index (χ0) is 21.6. The molecule has 0 bridgehead atoms. The zero-order valence-corrected chi connectivity index (χ0v) is 18.0. The van der Waals surface area contributed by atoms with E-state index in [4.69, 9.17) is 9.15 Å². The van der Waals surface area contributed by atoms with Crippen LogP contribution in [0.3, 0.4) is 0 Å². The predicted molar refractivity (Wildman–Crippen MR) is 114 cm³/mol. The van der Waals surface area contributed by atoms with Gasteiger partial charge in [-0.3, -0.25) is 9.69 Å². The number of piperazine rings is 1. The van der Waals surface area contributed by atoms with Crippen LogP contribution in [0.25, 0.3) is 0 Å². The smallest absolute Gasteiger partial charge is 0.289 e. The van der Waals surface area contributed by atoms with E-state index >= 15 is 0 Å². The van der Waals surface area contributed by atoms with Gasteiger partial charge in [0.05, 0.1) is 26.0 Å². The first-order valence-electron chi connectivity index (χ1n) is 10.7. The molecular weight excluding hydrogens is 396 g/mol. The predicted octanol–water partition coefficient (Wildman–Crippen LogP) is 2.62. The van der Waals surface area contributed by atoms with Crippen molar-refractivity contribution in [2.75, 3.05) is 33.3 Å². The molecule has 9 heteroatoms. The van der Waals surface area contributed by atoms with Crippen LogP contribution in [0.1, 0.15) is 47.7 Å². The number of aromatic nitrogens is 4. The molecule has 0 radical (unpaired) electrons. The standard InChI is InChI=1S/C22H28N6O3/c1-3-5-19(26-11-13-27(14-12-26)22(29)20-6-4-15-31-20)21-23-24-25-28(21)16-17-7-9-18(30-2)10-8-17/h4,6-10,15,19H,3,5,11-14,16H2,1-2H3/t19-/m0/s1. The highest BCUT2D eigenvalue weighted by Crippen LogP contribution is 2.26. The van der Waals surface area contributed by atoms with E-state index < -0.39 is 0 Å². The molecule has 1 fully saturated rings. The second kappa shape index (κ2) is 9.74. The number of rotatable bonds is 8. The van der Waals surface area contributed by atoms with Crippen LogP contribution in [-0.4, -0.2) is 69.2 Å². The van der Waals surface area contributed by atoms with Crippen molar-refractivity contribution in [3.8, 4) is 5.75 Å². The maximum Gasteiger partial charge on any atom is 0.289 e. The Hall–Kier alpha value is -3.20. The van der Waals surface area contributed by atoms with Crippen molar-refractivity contribution >= 4 is 5.91 Å². The first-order valence-corrected chi connectivity index (χ1v) is 10.7. The van der Waals surface area contributed by atoms with E-state index in [2.05, 4.69) is 27.3 Å². The Balaban J connectivity index is 1.45. The van der Waals surface area contributed by atoms with Crippen molar-refractivity contribution < 1.29 is 13.9 Å². The molecule has 1 aliphatic rings. The molecule has 2 aromatic heterocycles. The fraction of sp³-hybridized carbons (Fsp3) is 0.455. The van der Waals surface area contributed by atoms with Crippen LogP contribution in [0.15, 0.2) is 47.1 Å². The van der Waals surface area contributed by atoms with Crippen molar-refractivity contribution in [3.05, 3.63) is 59.8 Å². The number of carbonyl (C=O) groups is 1. The van der Waals surface area contributed by atoms with Gasteiger partial charge in [0.25, 0.3) is 5.91 Å². The first-order chi connectivity index (χ1) is 15.2. The average Bonchev–Trinajstić information content (AvgIpc) is 3.50. The van der Waals surface area contributed by atoms with Gasteiger partial charge < -0.3 is 14.1 Å². The van der Waals surface area contributed by atoms with Crippen LogP contribution >= 0.6 is 0 Å². The van der Waals surface area contributed by atoms with E-state index in [1.165, 1.54) is 6.26 Å². The van der Waals surface area contributed by atoms with E-state index in [0.717, 1.165) is 43.1 Å². The summed E-state index contributed by atoms with van der Waals surface area (Å²) in [5, 5.41) is 12.6. The van der Waals surface area contributed by atoms with Gasteiger partial charge in [0.1, 0.15) is 5.75 Å². The second-order valence-corrected chi connectivity index (χ2v) is 7.65. The van der Waals surface area contributed by atoms with Crippen LogP contribution in [0.2, 0.25) is 0 Å². The molecular formula is C22H28N6O3. The van der Waals surface area contributed by atoms with Crippen LogP contribution in [-0.2, 0) is 6.54 Å². The van der Waals surface area contributed by atoms with Gasteiger partial charge in [-0.1, -0.05) is 25.5 Å². The summed E-state index contributed by atoms with van der Waals surface area (Å²) in [6.45, 7) is 5.61. The number of hydrogen-bond acceptors (Lipinski definition) is 7. The number of carbonyl (C=O) groups excluding carboxylic acids is 1. The molecule has 1 amide bonds. The van der Waals surface area contributed by atoms with Gasteiger partial charge in [-0.25, -0.2) is 4.68 Å². The summed E-state index contributed by atoms with van der Waals surface area (Å²) < 4.78 is 12.4. The third kappa shape index (κ3) is 4.77. The summed E-state index contributed by atoms with van der Waals surface area (Å²) >= 11 is 0. The molecule has 0 N–H and O–H groups in total. The summed E-state index contributed by atoms with van der Waals surface area (Å²) in [6.07, 6.45) is 3.50. The molecule has 1 aromatic carbocycles. The highest BCUT2D eigenvalue weighted by atomic mass is 16.5. The Bertz CT molecular complexity index is 962. The SMILES string of the molecule is CCC[C@@H](c1nnnn1Cc1ccc(OC)cc1)N1CCN(C(=O)c2ccco2)CC1. The topological polar surface area (TPSA) is 89.5 Å². The fourth-order valence-corrected chi connectivity index (χ4v) is 4.01. The summed E-state index contributed by atoms with van der Waals surface area (Å²) in [5.74, 6) is 2.03. The Morgan fingerprint density at radius 3 is 2.58 bits per heavy atom. The number of ether oxygens (including phenoxy) is 1. The summed E-state index contributed by atoms with van der Waals surface area (Å²) in [4.78, 5) is 16.8. The molecule has 0 saturated carbocycles. The van der Waals surface area contributed by atoms with Gasteiger partial charge >= 0.3 is 0 Å². The van der Waals surface area contributed by atoms with E-state index in [1.54, 1.807) is 19.2 Å². The maximum absolute atomic E-state index is 12.6. The minimum Gasteiger partial charge on any atom is -0.497 e. The van der Waals surface area contributed by atoms with Gasteiger partial charge in [-0.15, -0.1) is 5.10 Å². The minimum absolute atomic E-state index is 0.0546. The van der Waals surface area contributed by atoms with E-state index in [1.807, 2.05) is 33.8 Å². The number of hydrogen-bond donors (Lipinski definition) is 0. The highest BCUT2D eigenvalue weighted by molar-refractivity contribution is 5.91. The minimum atomic E-state index is -0.0546. The Morgan fingerprint density at radius 1 is 1.16 bits per heavy atom. The highest BCUT2D eigenvalue weighted by Gasteiger charge is 2.30. The molecule has 9 nitrogen and oxygen atoms in total. The Kier molecular flexibility index (Phi) is 6.61. The maximum atomic E-state index is 12.6. The van der Waals surface area contributed by atoms with Crippen molar-refractivity contribution in [1.29, 1.82) is 0 Å². The Morgan fingerprint density at radius 2 is 1.94 bits per heavy atom. The molecule has 1 aliphatic heterocycles. The van der Waals surface area contributed by atoms with Crippen molar-refractivity contribution in [1.82, 2.24) is 30.0 Å². The first kappa shape index (κ1) is 21.0. The van der Waals surface area contributed by atoms with E-state index in [0.29, 0.717) is 25.4 Å². The molecule has 0 aliphatic carbocycles. The van der Waals surface area contributed by atoms with E-state index in [9.17, 15) is 4.79 Å². The molecule has 3 aromatic rings. The van der Waals surface area contributed by atoms with Gasteiger partial charge in [0.15, 0.2) is 11.6 Å². The van der Waals surface area contributed by atoms with Gasteiger partial charge in [0.2, 0.25) is 0 Å². The molecule has 0 spiro atoms. The lowest BCUT2D eigenvalue weighted by Crippen LogP contribution is -2.50. The number of methoxy groups -OCH3 is 1. The summed E-state index contributed by atoms with van der Waals surface area (Å²) in [6, 6.07) is 11.5. The normalized spacial score (nSPS) is 15.7. The third-order valence-electron chi connectivity index (χ3n) is 5.69. The molecule has 31 heavy (non-hydrogen) atoms. The number of benzene rings is 1. The molecule has 1 atom stereocenters. The zero-order valence-electron chi connectivity index (χ0n) is 18.0. The lowest BCUT2D eigenvalue weighted by Gasteiger charge is -2.38. The number of nitrogens with zero attached hydrogens (tertiary/aromatic N) is 6. The van der Waals surface area contributed by atoms with Crippen molar-refractivity contribution in [3.63, 3.8) is 0 Å². The van der Waals surface area contributed by atoms with Crippen LogP contribution < -0.4 is 4.74 Å². The monoisotopic (exact) mass is 424 g/mol. The average molecular weight is 425 g/mol. The third-order valence-corrected chi connectivity index (χ3v) is 5.69. The summed E-state index contributed by atoms with van der Waals surface area (Å²) in [7, 11) is 1.66. The quantitative estimate of drug-likeness (QED) is 0.549. The molecule has 164 valence electrons. The van der Waals surface area contributed by atoms with Crippen molar-refractivity contribution in [2.24, 2.45) is 0 Å². The van der Waals surface area contributed by atoms with E-state index in [-0.39, 0.29) is 11.9 Å². The second-order valence-electron chi connectivity index (χ2n) is 7.65. The number of amides is 1. The Labute approximate surface area is 181 Å². The van der Waals surface area contributed by atoms with Gasteiger partial charge in [-0.2, -0.15) is 0 Å². The van der Waals surface area contributed by atoms with Crippen molar-refractivity contribution in [2.45, 2.75) is 32.4 Å². The van der Waals surface area contributed by atoms with Crippen LogP contribution in [0.5, 0.6) is 5.75 Å². The lowest BCUT2D eigenvalue weighted by atomic mass is 10.1. The lowest BCUT2D eigenvalue weighted by molar-refractivity contribution is 0.0515. The van der Waals surface area contributed by atoms with Gasteiger partial charge in [0, 0.05) is 26.2 Å². The van der Waals surface area contributed by atoms with Crippen LogP contribution in [0.4, 0.5) is 0 Å². The number of furan rings is 1. The van der Waals surface area contributed by atoms with Gasteiger partial charge in [-0.05, 0) is 46.7 Å². The molecule has 0 unspecified atom stereocenters. The fourth-order valence-electron chi connectivity index (χ4n) is 4.01.